The maximum atomic E-state index is 13.1. The van der Waals surface area contributed by atoms with Crippen molar-refractivity contribution in [2.24, 2.45) is 0 Å². The first-order valence-corrected chi connectivity index (χ1v) is 13.0. The first-order valence-electron chi connectivity index (χ1n) is 9.74. The highest BCUT2D eigenvalue weighted by atomic mass is 32.2. The van der Waals surface area contributed by atoms with Gasteiger partial charge in [0, 0.05) is 24.8 Å². The Morgan fingerprint density at radius 1 is 1.32 bits per heavy atom. The quantitative estimate of drug-likeness (QED) is 0.512. The Balaban J connectivity index is 1.40. The van der Waals surface area contributed by atoms with Crippen molar-refractivity contribution < 1.29 is 22.7 Å². The van der Waals surface area contributed by atoms with Gasteiger partial charge in [-0.2, -0.15) is 4.31 Å². The fourth-order valence-electron chi connectivity index (χ4n) is 2.94. The highest BCUT2D eigenvalue weighted by Crippen LogP contribution is 2.32. The Kier molecular flexibility index (Phi) is 6.96. The number of nitrogens with one attached hydrogen (secondary N) is 2. The van der Waals surface area contributed by atoms with Crippen LogP contribution in [0.25, 0.3) is 0 Å². The molecule has 1 aliphatic heterocycles. The Morgan fingerprint density at radius 3 is 2.81 bits per heavy atom. The second kappa shape index (κ2) is 9.69. The molecule has 0 bridgehead atoms. The molecule has 1 aromatic heterocycles. The molecule has 2 aliphatic rings. The van der Waals surface area contributed by atoms with Crippen molar-refractivity contribution in [3.05, 3.63) is 18.2 Å². The Hall–Kier alpha value is -1.93. The van der Waals surface area contributed by atoms with E-state index in [2.05, 4.69) is 20.8 Å². The lowest BCUT2D eigenvalue weighted by Crippen LogP contribution is -2.40. The summed E-state index contributed by atoms with van der Waals surface area (Å²) in [4.78, 5) is 12.4. The van der Waals surface area contributed by atoms with Gasteiger partial charge in [0.25, 0.3) is 0 Å². The number of morpholine rings is 1. The van der Waals surface area contributed by atoms with Crippen LogP contribution in [0.15, 0.2) is 27.4 Å². The number of thioether (sulfide) groups is 1. The molecule has 13 heteroatoms. The summed E-state index contributed by atoms with van der Waals surface area (Å²) in [6.07, 6.45) is 2.30. The van der Waals surface area contributed by atoms with E-state index in [4.69, 9.17) is 9.47 Å². The van der Waals surface area contributed by atoms with E-state index >= 15 is 0 Å². The highest BCUT2D eigenvalue weighted by Gasteiger charge is 2.29. The number of amides is 1. The number of hydrogen-bond acceptors (Lipinski definition) is 10. The van der Waals surface area contributed by atoms with Crippen LogP contribution in [0, 0.1) is 0 Å². The maximum Gasteiger partial charge on any atom is 0.246 e. The van der Waals surface area contributed by atoms with Crippen molar-refractivity contribution in [3.63, 3.8) is 0 Å². The molecular weight excluding hydrogens is 462 g/mol. The smallest absolute Gasteiger partial charge is 0.246 e. The molecule has 4 rings (SSSR count). The van der Waals surface area contributed by atoms with E-state index in [9.17, 15) is 13.2 Å². The largest absolute Gasteiger partial charge is 0.495 e. The number of carbonyl (C=O) groups excluding carboxylic acids is 1. The topological polar surface area (TPSA) is 123 Å². The molecule has 1 amide bonds. The van der Waals surface area contributed by atoms with Gasteiger partial charge in [0.2, 0.25) is 21.1 Å². The fourth-order valence-corrected chi connectivity index (χ4v) is 6.15. The Morgan fingerprint density at radius 2 is 2.10 bits per heavy atom. The van der Waals surface area contributed by atoms with Crippen molar-refractivity contribution in [2.45, 2.75) is 28.1 Å². The lowest BCUT2D eigenvalue weighted by atomic mass is 10.3. The average molecular weight is 486 g/mol. The zero-order chi connectivity index (χ0) is 21.8. The standard InChI is InChI=1S/C18H23N5O5S3/c1-27-14-5-4-13(10-15(14)31(25,26)23-6-8-28-9-7-23)19-16(24)11-29-18-22-21-17(30-18)20-12-2-3-12/h4-5,10,12H,2-3,6-9,11H2,1H3,(H,19,24)(H,20,21). The lowest BCUT2D eigenvalue weighted by molar-refractivity contribution is -0.113. The van der Waals surface area contributed by atoms with Crippen LogP contribution in [0.4, 0.5) is 10.8 Å². The summed E-state index contributed by atoms with van der Waals surface area (Å²) in [6.45, 7) is 1.24. The van der Waals surface area contributed by atoms with Gasteiger partial charge in [0.05, 0.1) is 26.1 Å². The minimum atomic E-state index is -3.77. The van der Waals surface area contributed by atoms with Gasteiger partial charge in [-0.05, 0) is 31.0 Å². The van der Waals surface area contributed by atoms with Gasteiger partial charge in [0.15, 0.2) is 4.34 Å². The molecular formula is C18H23N5O5S3. The van der Waals surface area contributed by atoms with Crippen LogP contribution < -0.4 is 15.4 Å². The van der Waals surface area contributed by atoms with Gasteiger partial charge in [-0.15, -0.1) is 10.2 Å². The lowest BCUT2D eigenvalue weighted by Gasteiger charge is -2.26. The van der Waals surface area contributed by atoms with Gasteiger partial charge in [0.1, 0.15) is 10.6 Å². The first kappa shape index (κ1) is 22.3. The number of ether oxygens (including phenoxy) is 2. The molecule has 0 radical (unpaired) electrons. The van der Waals surface area contributed by atoms with Crippen LogP contribution in [0.1, 0.15) is 12.8 Å². The molecule has 10 nitrogen and oxygen atoms in total. The Labute approximate surface area is 188 Å². The summed E-state index contributed by atoms with van der Waals surface area (Å²) in [5, 5.41) is 14.9. The summed E-state index contributed by atoms with van der Waals surface area (Å²) in [5.74, 6) is 0.0931. The molecule has 2 aromatic rings. The second-order valence-electron chi connectivity index (χ2n) is 7.01. The SMILES string of the molecule is COc1ccc(NC(=O)CSc2nnc(NC3CC3)s2)cc1S(=O)(=O)N1CCOCC1. The highest BCUT2D eigenvalue weighted by molar-refractivity contribution is 8.01. The second-order valence-corrected chi connectivity index (χ2v) is 11.1. The van der Waals surface area contributed by atoms with E-state index in [-0.39, 0.29) is 35.4 Å². The van der Waals surface area contributed by atoms with Crippen LogP contribution in [-0.2, 0) is 19.6 Å². The molecule has 0 atom stereocenters. The third-order valence-corrected chi connectivity index (χ3v) is 8.58. The maximum absolute atomic E-state index is 13.1. The number of aromatic nitrogens is 2. The molecule has 1 aromatic carbocycles. The number of methoxy groups -OCH3 is 1. The number of carbonyl (C=O) groups is 1. The van der Waals surface area contributed by atoms with Crippen molar-refractivity contribution >= 4 is 49.8 Å². The molecule has 2 fully saturated rings. The van der Waals surface area contributed by atoms with Crippen LogP contribution in [0.5, 0.6) is 5.75 Å². The van der Waals surface area contributed by atoms with E-state index in [1.807, 2.05) is 0 Å². The van der Waals surface area contributed by atoms with Gasteiger partial charge >= 0.3 is 0 Å². The molecule has 1 saturated heterocycles. The normalized spacial score (nSPS) is 17.3. The molecule has 2 heterocycles. The van der Waals surface area contributed by atoms with E-state index in [0.29, 0.717) is 29.3 Å². The van der Waals surface area contributed by atoms with Crippen molar-refractivity contribution in [1.82, 2.24) is 14.5 Å². The molecule has 0 unspecified atom stereocenters. The number of anilines is 2. The molecule has 2 N–H and O–H groups in total. The van der Waals surface area contributed by atoms with E-state index in [0.717, 1.165) is 18.0 Å². The minimum absolute atomic E-state index is 0.0160. The summed E-state index contributed by atoms with van der Waals surface area (Å²) in [5.41, 5.74) is 0.381. The number of nitrogens with zero attached hydrogens (tertiary/aromatic N) is 3. The van der Waals surface area contributed by atoms with E-state index in [1.54, 1.807) is 6.07 Å². The number of rotatable bonds is 9. The zero-order valence-corrected chi connectivity index (χ0v) is 19.3. The molecule has 168 valence electrons. The van der Waals surface area contributed by atoms with Gasteiger partial charge in [-0.1, -0.05) is 23.1 Å². The zero-order valence-electron chi connectivity index (χ0n) is 16.9. The van der Waals surface area contributed by atoms with Gasteiger partial charge < -0.3 is 20.1 Å². The van der Waals surface area contributed by atoms with Crippen LogP contribution in [-0.4, -0.2) is 74.0 Å². The number of hydrogen-bond donors (Lipinski definition) is 2. The van der Waals surface area contributed by atoms with Crippen LogP contribution in [0.2, 0.25) is 0 Å². The van der Waals surface area contributed by atoms with Crippen LogP contribution >= 0.6 is 23.1 Å². The Bertz CT molecular complexity index is 1030. The molecule has 1 saturated carbocycles. The number of benzene rings is 1. The van der Waals surface area contributed by atoms with Gasteiger partial charge in [-0.25, -0.2) is 8.42 Å². The summed E-state index contributed by atoms with van der Waals surface area (Å²) in [7, 11) is -2.36. The molecule has 31 heavy (non-hydrogen) atoms. The monoisotopic (exact) mass is 485 g/mol. The third-order valence-electron chi connectivity index (χ3n) is 4.67. The average Bonchev–Trinajstić information content (AvgIpc) is 3.48. The van der Waals surface area contributed by atoms with Gasteiger partial charge in [-0.3, -0.25) is 4.79 Å². The molecule has 0 spiro atoms. The minimum Gasteiger partial charge on any atom is -0.495 e. The predicted octanol–water partition coefficient (Wildman–Crippen LogP) is 1.87. The summed E-state index contributed by atoms with van der Waals surface area (Å²) in [6, 6.07) is 5.07. The van der Waals surface area contributed by atoms with Crippen molar-refractivity contribution in [3.8, 4) is 5.75 Å². The van der Waals surface area contributed by atoms with Crippen LogP contribution in [0.3, 0.4) is 0 Å². The van der Waals surface area contributed by atoms with Crippen molar-refractivity contribution in [1.29, 1.82) is 0 Å². The summed E-state index contributed by atoms with van der Waals surface area (Å²) >= 11 is 2.70. The number of sulfonamides is 1. The van der Waals surface area contributed by atoms with E-state index < -0.39 is 10.0 Å². The molecule has 1 aliphatic carbocycles. The third kappa shape index (κ3) is 5.66. The summed E-state index contributed by atoms with van der Waals surface area (Å²) < 4.78 is 38.7. The first-order chi connectivity index (χ1) is 15.0. The van der Waals surface area contributed by atoms with Crippen molar-refractivity contribution in [2.75, 3.05) is 49.8 Å². The predicted molar refractivity (Wildman–Crippen MR) is 118 cm³/mol. The fraction of sp³-hybridized carbons (Fsp3) is 0.500. The van der Waals surface area contributed by atoms with E-state index in [1.165, 1.54) is 46.6 Å².